The van der Waals surface area contributed by atoms with Crippen molar-refractivity contribution in [1.82, 2.24) is 0 Å². The second kappa shape index (κ2) is 5.81. The molecule has 1 fully saturated rings. The normalized spacial score (nSPS) is 16.4. The Labute approximate surface area is 113 Å². The van der Waals surface area contributed by atoms with Crippen LogP contribution >= 0.6 is 11.6 Å². The third kappa shape index (κ3) is 2.90. The molecule has 0 radical (unpaired) electrons. The topological polar surface area (TPSA) is 38.7 Å². The van der Waals surface area contributed by atoms with Crippen LogP contribution in [0.5, 0.6) is 11.5 Å². The lowest BCUT2D eigenvalue weighted by Crippen LogP contribution is -2.08. The summed E-state index contributed by atoms with van der Waals surface area (Å²) in [6.45, 7) is 2.65. The summed E-state index contributed by atoms with van der Waals surface area (Å²) in [4.78, 5) is 0. The fraction of sp³-hybridized carbons (Fsp3) is 0.571. The number of rotatable bonds is 6. The molecule has 1 aromatic rings. The molecule has 1 aliphatic rings. The summed E-state index contributed by atoms with van der Waals surface area (Å²) in [5.41, 5.74) is 0.833. The Hall–Kier alpha value is -0.930. The first-order chi connectivity index (χ1) is 8.67. The average molecular weight is 271 g/mol. The van der Waals surface area contributed by atoms with E-state index in [0.29, 0.717) is 29.0 Å². The molecule has 0 spiro atoms. The van der Waals surface area contributed by atoms with E-state index in [9.17, 15) is 5.11 Å². The number of hydrogen-bond acceptors (Lipinski definition) is 3. The van der Waals surface area contributed by atoms with Crippen LogP contribution in [0.2, 0.25) is 5.02 Å². The third-order valence-electron chi connectivity index (χ3n) is 3.25. The van der Waals surface area contributed by atoms with Crippen molar-refractivity contribution in [3.05, 3.63) is 22.7 Å². The Bertz CT molecular complexity index is 416. The highest BCUT2D eigenvalue weighted by atomic mass is 35.5. The van der Waals surface area contributed by atoms with Crippen LogP contribution in [0.1, 0.15) is 31.2 Å². The maximum absolute atomic E-state index is 9.34. The molecule has 0 amide bonds. The van der Waals surface area contributed by atoms with Crippen molar-refractivity contribution in [3.63, 3.8) is 0 Å². The molecule has 0 heterocycles. The number of aliphatic hydroxyl groups is 1. The molecule has 0 bridgehead atoms. The Morgan fingerprint density at radius 1 is 1.44 bits per heavy atom. The van der Waals surface area contributed by atoms with E-state index in [-0.39, 0.29) is 12.5 Å². The van der Waals surface area contributed by atoms with Gasteiger partial charge in [0.05, 0.1) is 13.7 Å². The molecule has 0 aliphatic heterocycles. The Morgan fingerprint density at radius 2 is 2.17 bits per heavy atom. The maximum atomic E-state index is 9.34. The average Bonchev–Trinajstić information content (AvgIpc) is 3.19. The van der Waals surface area contributed by atoms with Crippen LogP contribution in [-0.4, -0.2) is 25.4 Å². The van der Waals surface area contributed by atoms with Crippen LogP contribution in [0.15, 0.2) is 12.1 Å². The molecule has 2 rings (SSSR count). The molecule has 4 heteroatoms. The van der Waals surface area contributed by atoms with Gasteiger partial charge >= 0.3 is 0 Å². The molecule has 18 heavy (non-hydrogen) atoms. The van der Waals surface area contributed by atoms with E-state index in [1.165, 1.54) is 12.8 Å². The van der Waals surface area contributed by atoms with Crippen LogP contribution in [0.3, 0.4) is 0 Å². The van der Waals surface area contributed by atoms with Crippen LogP contribution in [0.4, 0.5) is 0 Å². The zero-order valence-electron chi connectivity index (χ0n) is 10.8. The lowest BCUT2D eigenvalue weighted by atomic mass is 10.0. The summed E-state index contributed by atoms with van der Waals surface area (Å²) in [7, 11) is 1.61. The minimum atomic E-state index is -0.0678. The molecule has 1 atom stereocenters. The number of ether oxygens (including phenoxy) is 2. The number of methoxy groups -OCH3 is 1. The van der Waals surface area contributed by atoms with Crippen LogP contribution in [0.25, 0.3) is 0 Å². The monoisotopic (exact) mass is 270 g/mol. The molecular weight excluding hydrogens is 252 g/mol. The van der Waals surface area contributed by atoms with Gasteiger partial charge in [0.25, 0.3) is 0 Å². The summed E-state index contributed by atoms with van der Waals surface area (Å²) in [6.07, 6.45) is 2.46. The van der Waals surface area contributed by atoms with Gasteiger partial charge in [-0.25, -0.2) is 0 Å². The lowest BCUT2D eigenvalue weighted by Gasteiger charge is -2.19. The largest absolute Gasteiger partial charge is 0.493 e. The van der Waals surface area contributed by atoms with Crippen molar-refractivity contribution in [2.45, 2.75) is 25.7 Å². The van der Waals surface area contributed by atoms with Crippen molar-refractivity contribution in [1.29, 1.82) is 0 Å². The summed E-state index contributed by atoms with van der Waals surface area (Å²) in [5.74, 6) is 1.95. The quantitative estimate of drug-likeness (QED) is 0.863. The summed E-state index contributed by atoms with van der Waals surface area (Å²) in [6, 6.07) is 3.59. The SMILES string of the molecule is COc1ccc(Cl)c(C(C)CO)c1OCC1CC1. The van der Waals surface area contributed by atoms with E-state index in [2.05, 4.69) is 0 Å². The highest BCUT2D eigenvalue weighted by molar-refractivity contribution is 6.31. The van der Waals surface area contributed by atoms with Gasteiger partial charge in [0.15, 0.2) is 11.5 Å². The zero-order chi connectivity index (χ0) is 13.1. The third-order valence-corrected chi connectivity index (χ3v) is 3.58. The molecule has 0 saturated heterocycles. The summed E-state index contributed by atoms with van der Waals surface area (Å²) in [5, 5.41) is 9.95. The predicted octanol–water partition coefficient (Wildman–Crippen LogP) is 3.23. The van der Waals surface area contributed by atoms with Crippen molar-refractivity contribution in [2.24, 2.45) is 5.92 Å². The van der Waals surface area contributed by atoms with E-state index >= 15 is 0 Å². The Kier molecular flexibility index (Phi) is 4.36. The van der Waals surface area contributed by atoms with E-state index < -0.39 is 0 Å². The van der Waals surface area contributed by atoms with Gasteiger partial charge in [-0.15, -0.1) is 0 Å². The van der Waals surface area contributed by atoms with Crippen LogP contribution in [-0.2, 0) is 0 Å². The van der Waals surface area contributed by atoms with Gasteiger partial charge in [0.1, 0.15) is 0 Å². The van der Waals surface area contributed by atoms with E-state index in [1.54, 1.807) is 19.2 Å². The number of aliphatic hydroxyl groups excluding tert-OH is 1. The van der Waals surface area contributed by atoms with E-state index in [0.717, 1.165) is 5.56 Å². The second-order valence-electron chi connectivity index (χ2n) is 4.83. The molecule has 0 aromatic heterocycles. The molecular formula is C14H19ClO3. The molecule has 1 aliphatic carbocycles. The first kappa shape index (κ1) is 13.5. The van der Waals surface area contributed by atoms with E-state index in [4.69, 9.17) is 21.1 Å². The standard InChI is InChI=1S/C14H19ClO3/c1-9(7-16)13-11(15)5-6-12(17-2)14(13)18-8-10-3-4-10/h5-6,9-10,16H,3-4,7-8H2,1-2H3. The lowest BCUT2D eigenvalue weighted by molar-refractivity contribution is 0.255. The van der Waals surface area contributed by atoms with Crippen molar-refractivity contribution < 1.29 is 14.6 Å². The highest BCUT2D eigenvalue weighted by Crippen LogP contribution is 2.41. The molecule has 1 N–H and O–H groups in total. The number of benzene rings is 1. The molecule has 100 valence electrons. The van der Waals surface area contributed by atoms with Gasteiger partial charge < -0.3 is 14.6 Å². The van der Waals surface area contributed by atoms with Crippen molar-refractivity contribution in [2.75, 3.05) is 20.3 Å². The minimum Gasteiger partial charge on any atom is -0.493 e. The Morgan fingerprint density at radius 3 is 2.72 bits per heavy atom. The predicted molar refractivity (Wildman–Crippen MR) is 71.7 cm³/mol. The second-order valence-corrected chi connectivity index (χ2v) is 5.24. The smallest absolute Gasteiger partial charge is 0.166 e. The van der Waals surface area contributed by atoms with Crippen molar-refractivity contribution in [3.8, 4) is 11.5 Å². The van der Waals surface area contributed by atoms with Gasteiger partial charge in [-0.3, -0.25) is 0 Å². The van der Waals surface area contributed by atoms with Gasteiger partial charge in [-0.2, -0.15) is 0 Å². The number of hydrogen-bond donors (Lipinski definition) is 1. The molecule has 1 saturated carbocycles. The van der Waals surface area contributed by atoms with Gasteiger partial charge in [-0.05, 0) is 30.9 Å². The van der Waals surface area contributed by atoms with Gasteiger partial charge in [-0.1, -0.05) is 18.5 Å². The molecule has 1 aromatic carbocycles. The fourth-order valence-corrected chi connectivity index (χ4v) is 2.24. The zero-order valence-corrected chi connectivity index (χ0v) is 11.5. The first-order valence-corrected chi connectivity index (χ1v) is 6.65. The molecule has 3 nitrogen and oxygen atoms in total. The Balaban J connectivity index is 2.32. The maximum Gasteiger partial charge on any atom is 0.166 e. The minimum absolute atomic E-state index is 0.0344. The summed E-state index contributed by atoms with van der Waals surface area (Å²) < 4.78 is 11.2. The van der Waals surface area contributed by atoms with Crippen LogP contribution < -0.4 is 9.47 Å². The summed E-state index contributed by atoms with van der Waals surface area (Å²) >= 11 is 6.22. The van der Waals surface area contributed by atoms with Crippen molar-refractivity contribution >= 4 is 11.6 Å². The fourth-order valence-electron chi connectivity index (χ4n) is 1.90. The van der Waals surface area contributed by atoms with Gasteiger partial charge in [0.2, 0.25) is 0 Å². The first-order valence-electron chi connectivity index (χ1n) is 6.27. The van der Waals surface area contributed by atoms with Crippen LogP contribution in [0, 0.1) is 5.92 Å². The highest BCUT2D eigenvalue weighted by Gasteiger charge is 2.25. The van der Waals surface area contributed by atoms with E-state index in [1.807, 2.05) is 6.92 Å². The molecule has 1 unspecified atom stereocenters. The number of halogens is 1. The van der Waals surface area contributed by atoms with Gasteiger partial charge in [0, 0.05) is 23.1 Å².